The molecule has 2 aromatic heterocycles. The Balaban J connectivity index is 1.49. The minimum absolute atomic E-state index is 0.517. The van der Waals surface area contributed by atoms with Crippen molar-refractivity contribution in [3.63, 3.8) is 0 Å². The second-order valence-electron chi connectivity index (χ2n) is 6.78. The molecule has 0 bridgehead atoms. The van der Waals surface area contributed by atoms with E-state index in [0.717, 1.165) is 29.6 Å². The molecule has 1 aliphatic carbocycles. The van der Waals surface area contributed by atoms with Gasteiger partial charge in [0, 0.05) is 18.1 Å². The zero-order chi connectivity index (χ0) is 18.5. The van der Waals surface area contributed by atoms with E-state index in [1.807, 2.05) is 30.3 Å². The van der Waals surface area contributed by atoms with Crippen LogP contribution >= 0.6 is 0 Å². The summed E-state index contributed by atoms with van der Waals surface area (Å²) in [5, 5.41) is 7.72. The van der Waals surface area contributed by atoms with Crippen LogP contribution in [0.15, 0.2) is 54.5 Å². The molecule has 0 unspecified atom stereocenters. The maximum Gasteiger partial charge on any atom is 0.159 e. The summed E-state index contributed by atoms with van der Waals surface area (Å²) in [4.78, 5) is 13.1. The Kier molecular flexibility index (Phi) is 5.14. The Morgan fingerprint density at radius 3 is 2.78 bits per heavy atom. The summed E-state index contributed by atoms with van der Waals surface area (Å²) in [6.07, 6.45) is 11.7. The summed E-state index contributed by atoms with van der Waals surface area (Å²) in [6, 6.07) is 9.95. The molecule has 6 nitrogen and oxygen atoms in total. The first kappa shape index (κ1) is 17.3. The lowest BCUT2D eigenvalue weighted by molar-refractivity contribution is 0.679. The molecule has 0 fully saturated rings. The number of nitrogens with one attached hydrogen (secondary N) is 2. The lowest BCUT2D eigenvalue weighted by atomic mass is 9.97. The number of fused-ring (bicyclic) bond motifs is 1. The highest BCUT2D eigenvalue weighted by molar-refractivity contribution is 5.93. The Hall–Kier alpha value is -3.15. The number of rotatable bonds is 6. The Labute approximate surface area is 158 Å². The van der Waals surface area contributed by atoms with Crippen molar-refractivity contribution in [2.75, 3.05) is 22.9 Å². The molecule has 2 heterocycles. The van der Waals surface area contributed by atoms with Crippen LogP contribution in [0.25, 0.3) is 10.9 Å². The second kappa shape index (κ2) is 8.03. The molecule has 4 N–H and O–H groups in total. The predicted octanol–water partition coefficient (Wildman–Crippen LogP) is 4.65. The zero-order valence-corrected chi connectivity index (χ0v) is 15.3. The molecule has 0 radical (unpaired) electrons. The predicted molar refractivity (Wildman–Crippen MR) is 111 cm³/mol. The van der Waals surface area contributed by atoms with Gasteiger partial charge in [-0.3, -0.25) is 4.98 Å². The van der Waals surface area contributed by atoms with E-state index in [2.05, 4.69) is 31.7 Å². The van der Waals surface area contributed by atoms with E-state index >= 15 is 0 Å². The van der Waals surface area contributed by atoms with E-state index in [9.17, 15) is 0 Å². The molecule has 0 atom stereocenters. The van der Waals surface area contributed by atoms with Crippen LogP contribution in [-0.2, 0) is 0 Å². The molecule has 0 spiro atoms. The molecule has 27 heavy (non-hydrogen) atoms. The van der Waals surface area contributed by atoms with Crippen molar-refractivity contribution in [2.24, 2.45) is 0 Å². The molecular weight excluding hydrogens is 336 g/mol. The average Bonchev–Trinajstić information content (AvgIpc) is 2.72. The number of para-hydroxylation sites is 1. The standard InChI is InChI=1S/C21H24N6/c22-18-20(24-13-11-15-6-2-1-3-7-15)25-14-26-21(18)27-17-10-4-8-16-9-5-12-23-19(16)17/h4-6,8-10,12,14H,1-3,7,11,13,22H2,(H2,24,25,26,27). The number of anilines is 4. The first-order valence-corrected chi connectivity index (χ1v) is 9.44. The van der Waals surface area contributed by atoms with Crippen LogP contribution in [0.3, 0.4) is 0 Å². The van der Waals surface area contributed by atoms with Crippen molar-refractivity contribution in [1.82, 2.24) is 15.0 Å². The Morgan fingerprint density at radius 2 is 1.89 bits per heavy atom. The molecule has 1 aliphatic rings. The summed E-state index contributed by atoms with van der Waals surface area (Å²) in [7, 11) is 0. The van der Waals surface area contributed by atoms with E-state index in [1.165, 1.54) is 37.6 Å². The van der Waals surface area contributed by atoms with Gasteiger partial charge in [0.1, 0.15) is 12.0 Å². The molecule has 0 saturated carbocycles. The zero-order valence-electron chi connectivity index (χ0n) is 15.3. The third kappa shape index (κ3) is 4.00. The largest absolute Gasteiger partial charge is 0.393 e. The smallest absolute Gasteiger partial charge is 0.159 e. The maximum absolute atomic E-state index is 6.31. The van der Waals surface area contributed by atoms with Crippen LogP contribution < -0.4 is 16.4 Å². The number of nitrogens with zero attached hydrogens (tertiary/aromatic N) is 3. The van der Waals surface area contributed by atoms with Gasteiger partial charge in [0.25, 0.3) is 0 Å². The van der Waals surface area contributed by atoms with Gasteiger partial charge in [0.05, 0.1) is 11.2 Å². The van der Waals surface area contributed by atoms with Crippen LogP contribution in [0.2, 0.25) is 0 Å². The lowest BCUT2D eigenvalue weighted by Crippen LogP contribution is -2.10. The molecule has 6 heteroatoms. The second-order valence-corrected chi connectivity index (χ2v) is 6.78. The fourth-order valence-electron chi connectivity index (χ4n) is 3.44. The van der Waals surface area contributed by atoms with Crippen molar-refractivity contribution in [2.45, 2.75) is 32.1 Å². The molecule has 0 amide bonds. The number of aromatic nitrogens is 3. The normalized spacial score (nSPS) is 14.0. The summed E-state index contributed by atoms with van der Waals surface area (Å²) in [5.41, 5.74) is 10.1. The molecule has 0 saturated heterocycles. The van der Waals surface area contributed by atoms with E-state index < -0.39 is 0 Å². The third-order valence-corrected chi connectivity index (χ3v) is 4.89. The molecule has 0 aliphatic heterocycles. The third-order valence-electron chi connectivity index (χ3n) is 4.89. The van der Waals surface area contributed by atoms with Crippen molar-refractivity contribution < 1.29 is 0 Å². The quantitative estimate of drug-likeness (QED) is 0.554. The van der Waals surface area contributed by atoms with Crippen LogP contribution in [0.5, 0.6) is 0 Å². The van der Waals surface area contributed by atoms with Crippen LogP contribution in [0.1, 0.15) is 32.1 Å². The minimum Gasteiger partial charge on any atom is -0.393 e. The van der Waals surface area contributed by atoms with Gasteiger partial charge in [-0.2, -0.15) is 0 Å². The Bertz CT molecular complexity index is 961. The van der Waals surface area contributed by atoms with Gasteiger partial charge in [-0.15, -0.1) is 0 Å². The van der Waals surface area contributed by atoms with E-state index in [4.69, 9.17) is 5.73 Å². The highest BCUT2D eigenvalue weighted by atomic mass is 15.1. The number of allylic oxidation sites excluding steroid dienone is 1. The van der Waals surface area contributed by atoms with Crippen LogP contribution in [0, 0.1) is 0 Å². The fourth-order valence-corrected chi connectivity index (χ4v) is 3.44. The molecule has 1 aromatic carbocycles. The van der Waals surface area contributed by atoms with Crippen molar-refractivity contribution in [3.05, 3.63) is 54.5 Å². The van der Waals surface area contributed by atoms with Gasteiger partial charge in [0.2, 0.25) is 0 Å². The highest BCUT2D eigenvalue weighted by Gasteiger charge is 2.11. The van der Waals surface area contributed by atoms with Gasteiger partial charge >= 0.3 is 0 Å². The molecule has 4 rings (SSSR count). The first-order valence-electron chi connectivity index (χ1n) is 9.44. The average molecular weight is 360 g/mol. The topological polar surface area (TPSA) is 88.8 Å². The van der Waals surface area contributed by atoms with Crippen LogP contribution in [0.4, 0.5) is 23.0 Å². The highest BCUT2D eigenvalue weighted by Crippen LogP contribution is 2.29. The summed E-state index contributed by atoms with van der Waals surface area (Å²) in [6.45, 7) is 0.822. The number of benzene rings is 1. The van der Waals surface area contributed by atoms with Crippen molar-refractivity contribution >= 4 is 33.9 Å². The van der Waals surface area contributed by atoms with Gasteiger partial charge in [-0.25, -0.2) is 9.97 Å². The SMILES string of the molecule is Nc1c(NCCC2=CCCCC2)ncnc1Nc1cccc2cccnc12. The minimum atomic E-state index is 0.517. The van der Waals surface area contributed by atoms with Crippen molar-refractivity contribution in [1.29, 1.82) is 0 Å². The fraction of sp³-hybridized carbons (Fsp3) is 0.286. The number of nitrogens with two attached hydrogens (primary N) is 1. The summed E-state index contributed by atoms with van der Waals surface area (Å²) < 4.78 is 0. The maximum atomic E-state index is 6.31. The first-order chi connectivity index (χ1) is 13.3. The molecule has 3 aromatic rings. The molecular formula is C21H24N6. The monoisotopic (exact) mass is 360 g/mol. The number of hydrogen-bond acceptors (Lipinski definition) is 6. The summed E-state index contributed by atoms with van der Waals surface area (Å²) in [5.74, 6) is 1.25. The number of hydrogen-bond donors (Lipinski definition) is 3. The summed E-state index contributed by atoms with van der Waals surface area (Å²) >= 11 is 0. The van der Waals surface area contributed by atoms with E-state index in [1.54, 1.807) is 6.20 Å². The Morgan fingerprint density at radius 1 is 1.00 bits per heavy atom. The van der Waals surface area contributed by atoms with E-state index in [0.29, 0.717) is 17.3 Å². The van der Waals surface area contributed by atoms with E-state index in [-0.39, 0.29) is 0 Å². The molecule has 138 valence electrons. The number of pyridine rings is 1. The van der Waals surface area contributed by atoms with Gasteiger partial charge < -0.3 is 16.4 Å². The van der Waals surface area contributed by atoms with Gasteiger partial charge in [-0.05, 0) is 44.2 Å². The lowest BCUT2D eigenvalue weighted by Gasteiger charge is -2.15. The van der Waals surface area contributed by atoms with Gasteiger partial charge in [-0.1, -0.05) is 29.8 Å². The van der Waals surface area contributed by atoms with Crippen molar-refractivity contribution in [3.8, 4) is 0 Å². The van der Waals surface area contributed by atoms with Crippen LogP contribution in [-0.4, -0.2) is 21.5 Å². The van der Waals surface area contributed by atoms with Gasteiger partial charge in [0.15, 0.2) is 11.6 Å². The number of nitrogen functional groups attached to an aromatic ring is 1.